The number of hydrogen-bond acceptors (Lipinski definition) is 2. The average molecular weight is 393 g/mol. The van der Waals surface area contributed by atoms with Gasteiger partial charge in [-0.05, 0) is 0 Å². The minimum absolute atomic E-state index is 0. The monoisotopic (exact) mass is 392 g/mol. The summed E-state index contributed by atoms with van der Waals surface area (Å²) in [7, 11) is 0. The quantitative estimate of drug-likeness (QED) is 0.157. The van der Waals surface area contributed by atoms with Crippen molar-refractivity contribution < 1.29 is 38.7 Å². The van der Waals surface area contributed by atoms with Gasteiger partial charge < -0.3 is 16.1 Å². The van der Waals surface area contributed by atoms with Crippen molar-refractivity contribution in [1.29, 1.82) is 0 Å². The number of aliphatic carboxylic acids is 2. The van der Waals surface area contributed by atoms with Crippen LogP contribution < -0.4 is 18.9 Å². The van der Waals surface area contributed by atoms with Crippen molar-refractivity contribution in [2.24, 2.45) is 0 Å². The van der Waals surface area contributed by atoms with Gasteiger partial charge in [-0.3, -0.25) is 9.59 Å². The molecule has 0 atom stereocenters. The van der Waals surface area contributed by atoms with E-state index in [0.717, 1.165) is 0 Å². The maximum Gasteiger partial charge on any atom is 1.00 e. The van der Waals surface area contributed by atoms with Crippen molar-refractivity contribution in [3.8, 4) is 0 Å². The van der Waals surface area contributed by atoms with E-state index in [1.807, 2.05) is 0 Å². The topological polar surface area (TPSA) is 74.6 Å². The van der Waals surface area contributed by atoms with E-state index < -0.39 is 18.4 Å². The van der Waals surface area contributed by atoms with Crippen LogP contribution in [-0.2, 0) is 9.59 Å². The maximum absolute atomic E-state index is 9.43. The summed E-state index contributed by atoms with van der Waals surface area (Å²) in [6.07, 6.45) is 22.1. The van der Waals surface area contributed by atoms with Crippen molar-refractivity contribution in [2.45, 2.75) is 130 Å². The number of unbranched alkanes of at least 4 members (excludes halogenated alkanes) is 12. The van der Waals surface area contributed by atoms with E-state index in [1.165, 1.54) is 103 Å². The van der Waals surface area contributed by atoms with Crippen molar-refractivity contribution >= 4 is 11.9 Å². The summed E-state index contributed by atoms with van der Waals surface area (Å²) in [6, 6.07) is 0. The van der Waals surface area contributed by atoms with Crippen molar-refractivity contribution in [1.82, 2.24) is 0 Å². The normalized spacial score (nSPS) is 10.1. The van der Waals surface area contributed by atoms with Crippen molar-refractivity contribution in [2.75, 3.05) is 0 Å². The largest absolute Gasteiger partial charge is 1.00 e. The molecule has 0 aromatic carbocycles. The number of carboxylic acids is 2. The standard InChI is InChI=1S/C20H41.C3H4O4.Li/c1-4-6-8-10-11-12-13-14-15-17-19-20(3)18-16-9-7-5-2;4-2(5)1-3(6)7;/h4-19H2,1-3H3;1H2,(H,4,5)(H,6,7);/q-1;;+1. The van der Waals surface area contributed by atoms with Gasteiger partial charge in [0, 0.05) is 0 Å². The minimum atomic E-state index is -1.31. The second kappa shape index (κ2) is 26.5. The Hall–Kier alpha value is -0.463. The third kappa shape index (κ3) is 33.1. The Morgan fingerprint density at radius 1 is 0.607 bits per heavy atom. The zero-order valence-corrected chi connectivity index (χ0v) is 19.2. The molecule has 0 saturated carbocycles. The molecule has 0 aromatic rings. The van der Waals surface area contributed by atoms with E-state index in [2.05, 4.69) is 20.8 Å². The first kappa shape index (κ1) is 32.2. The third-order valence-electron chi connectivity index (χ3n) is 4.72. The fourth-order valence-electron chi connectivity index (χ4n) is 3.02. The fraction of sp³-hybridized carbons (Fsp3) is 0.870. The first-order valence-corrected chi connectivity index (χ1v) is 11.2. The minimum Gasteiger partial charge on any atom is -0.481 e. The average Bonchev–Trinajstić information content (AvgIpc) is 2.59. The van der Waals surface area contributed by atoms with Gasteiger partial charge in [-0.15, -0.1) is 0 Å². The summed E-state index contributed by atoms with van der Waals surface area (Å²) in [5, 5.41) is 15.4. The second-order valence-corrected chi connectivity index (χ2v) is 7.66. The van der Waals surface area contributed by atoms with E-state index in [9.17, 15) is 9.59 Å². The molecule has 0 radical (unpaired) electrons. The molecular formula is C23H45LiO4. The van der Waals surface area contributed by atoms with Gasteiger partial charge >= 0.3 is 30.8 Å². The van der Waals surface area contributed by atoms with Crippen LogP contribution in [-0.4, -0.2) is 22.2 Å². The molecule has 0 amide bonds. The van der Waals surface area contributed by atoms with Gasteiger partial charge in [0.1, 0.15) is 6.42 Å². The van der Waals surface area contributed by atoms with E-state index in [1.54, 1.807) is 5.92 Å². The molecule has 0 aliphatic rings. The Morgan fingerprint density at radius 3 is 1.18 bits per heavy atom. The molecule has 162 valence electrons. The molecule has 4 nitrogen and oxygen atoms in total. The van der Waals surface area contributed by atoms with Crippen LogP contribution in [0.2, 0.25) is 0 Å². The molecule has 0 fully saturated rings. The first-order chi connectivity index (χ1) is 12.9. The molecule has 0 saturated heterocycles. The Bertz CT molecular complexity index is 323. The van der Waals surface area contributed by atoms with E-state index in [0.29, 0.717) is 0 Å². The fourth-order valence-corrected chi connectivity index (χ4v) is 3.02. The molecule has 0 rings (SSSR count). The van der Waals surface area contributed by atoms with Gasteiger partial charge in [0.25, 0.3) is 0 Å². The summed E-state index contributed by atoms with van der Waals surface area (Å²) in [5.74, 6) is -0.874. The van der Waals surface area contributed by atoms with Crippen molar-refractivity contribution in [3.05, 3.63) is 5.92 Å². The molecule has 0 unspecified atom stereocenters. The maximum atomic E-state index is 9.43. The predicted octanol–water partition coefficient (Wildman–Crippen LogP) is 4.41. The van der Waals surface area contributed by atoms with Gasteiger partial charge in [0.05, 0.1) is 0 Å². The van der Waals surface area contributed by atoms with Crippen LogP contribution in [0.15, 0.2) is 0 Å². The van der Waals surface area contributed by atoms with Crippen LogP contribution in [0.25, 0.3) is 0 Å². The van der Waals surface area contributed by atoms with Gasteiger partial charge in [-0.1, -0.05) is 104 Å². The summed E-state index contributed by atoms with van der Waals surface area (Å²) in [5.41, 5.74) is 0. The molecule has 0 aliphatic carbocycles. The van der Waals surface area contributed by atoms with Crippen LogP contribution in [0.1, 0.15) is 130 Å². The first-order valence-electron chi connectivity index (χ1n) is 11.2. The number of hydrogen-bond donors (Lipinski definition) is 2. The Balaban J connectivity index is -0.000000665. The zero-order chi connectivity index (χ0) is 20.8. The Kier molecular flexibility index (Phi) is 30.5. The SMILES string of the molecule is CCCCCCCCCCCC[C-](C)CCCCCC.O=C(O)CC(=O)O.[Li+]. The van der Waals surface area contributed by atoms with Gasteiger partial charge in [0.2, 0.25) is 0 Å². The van der Waals surface area contributed by atoms with Crippen LogP contribution in [0.3, 0.4) is 0 Å². The van der Waals surface area contributed by atoms with Crippen LogP contribution >= 0.6 is 0 Å². The second-order valence-electron chi connectivity index (χ2n) is 7.66. The Labute approximate surface area is 186 Å². The molecule has 0 spiro atoms. The smallest absolute Gasteiger partial charge is 0.481 e. The van der Waals surface area contributed by atoms with Gasteiger partial charge in [-0.2, -0.15) is 19.8 Å². The van der Waals surface area contributed by atoms with E-state index in [4.69, 9.17) is 10.2 Å². The van der Waals surface area contributed by atoms with Crippen molar-refractivity contribution in [3.63, 3.8) is 0 Å². The summed E-state index contributed by atoms with van der Waals surface area (Å²) >= 11 is 0. The number of carbonyl (C=O) groups is 2. The summed E-state index contributed by atoms with van der Waals surface area (Å²) in [6.45, 7) is 6.96. The van der Waals surface area contributed by atoms with Crippen LogP contribution in [0, 0.1) is 5.92 Å². The Morgan fingerprint density at radius 2 is 0.893 bits per heavy atom. The van der Waals surface area contributed by atoms with Gasteiger partial charge in [-0.25, -0.2) is 0 Å². The molecule has 0 aliphatic heterocycles. The molecule has 2 N–H and O–H groups in total. The van der Waals surface area contributed by atoms with Crippen LogP contribution in [0.4, 0.5) is 0 Å². The molecule has 0 aromatic heterocycles. The molecule has 5 heteroatoms. The van der Waals surface area contributed by atoms with Gasteiger partial charge in [0.15, 0.2) is 0 Å². The molecular weight excluding hydrogens is 347 g/mol. The van der Waals surface area contributed by atoms with Crippen LogP contribution in [0.5, 0.6) is 0 Å². The zero-order valence-electron chi connectivity index (χ0n) is 19.2. The van der Waals surface area contributed by atoms with E-state index in [-0.39, 0.29) is 18.9 Å². The molecule has 28 heavy (non-hydrogen) atoms. The molecule has 0 heterocycles. The number of rotatable bonds is 18. The summed E-state index contributed by atoms with van der Waals surface area (Å²) < 4.78 is 0. The number of carboxylic acid groups (broad SMARTS) is 2. The predicted molar refractivity (Wildman–Crippen MR) is 114 cm³/mol. The molecule has 0 bridgehead atoms. The van der Waals surface area contributed by atoms with E-state index >= 15 is 0 Å². The third-order valence-corrected chi connectivity index (χ3v) is 4.72. The summed E-state index contributed by atoms with van der Waals surface area (Å²) in [4.78, 5) is 18.9.